The van der Waals surface area contributed by atoms with Gasteiger partial charge in [0.05, 0.1) is 5.69 Å². The van der Waals surface area contributed by atoms with E-state index in [9.17, 15) is 4.79 Å². The van der Waals surface area contributed by atoms with Gasteiger partial charge in [-0.25, -0.2) is 0 Å². The molecule has 30 heavy (non-hydrogen) atoms. The summed E-state index contributed by atoms with van der Waals surface area (Å²) >= 11 is 6.40. The molecule has 0 fully saturated rings. The average molecular weight is 410 g/mol. The van der Waals surface area contributed by atoms with E-state index in [-0.39, 0.29) is 5.78 Å². The molecular formula is C27H20ClNO. The number of benzene rings is 3. The zero-order valence-corrected chi connectivity index (χ0v) is 17.6. The Morgan fingerprint density at radius 2 is 1.47 bits per heavy atom. The molecule has 1 heterocycles. The highest BCUT2D eigenvalue weighted by Crippen LogP contribution is 2.52. The van der Waals surface area contributed by atoms with Crippen molar-refractivity contribution in [2.45, 2.75) is 6.92 Å². The van der Waals surface area contributed by atoms with E-state index in [1.165, 1.54) is 0 Å². The highest BCUT2D eigenvalue weighted by molar-refractivity contribution is 6.33. The first kappa shape index (κ1) is 18.7. The molecule has 3 heteroatoms. The van der Waals surface area contributed by atoms with E-state index < -0.39 is 0 Å². The lowest BCUT2D eigenvalue weighted by atomic mass is 9.92. The lowest BCUT2D eigenvalue weighted by Crippen LogP contribution is -1.98. The molecule has 3 aromatic carbocycles. The largest absolute Gasteiger partial charge is 0.343 e. The topological polar surface area (TPSA) is 22.0 Å². The van der Waals surface area contributed by atoms with Crippen LogP contribution in [-0.4, -0.2) is 10.4 Å². The molecule has 2 nitrogen and oxygen atoms in total. The minimum atomic E-state index is 0.0296. The Hall–Kier alpha value is -3.36. The van der Waals surface area contributed by atoms with Crippen LogP contribution in [0.4, 0.5) is 0 Å². The van der Waals surface area contributed by atoms with Crippen molar-refractivity contribution in [2.24, 2.45) is 7.05 Å². The molecule has 0 bridgehead atoms. The van der Waals surface area contributed by atoms with Gasteiger partial charge in [0.2, 0.25) is 0 Å². The molecule has 5 rings (SSSR count). The van der Waals surface area contributed by atoms with Crippen LogP contribution >= 0.6 is 11.6 Å². The third-order valence-corrected chi connectivity index (χ3v) is 5.89. The third kappa shape index (κ3) is 2.84. The van der Waals surface area contributed by atoms with E-state index in [1.807, 2.05) is 42.5 Å². The highest BCUT2D eigenvalue weighted by Gasteiger charge is 2.33. The fraction of sp³-hybridized carbons (Fsp3) is 0.0741. The molecular weight excluding hydrogens is 390 g/mol. The normalized spacial score (nSPS) is 14.6. The smallest absolute Gasteiger partial charge is 0.153 e. The Morgan fingerprint density at radius 1 is 0.867 bits per heavy atom. The Labute approximate surface area is 180 Å². The Kier molecular flexibility index (Phi) is 4.45. The van der Waals surface area contributed by atoms with Crippen molar-refractivity contribution in [3.05, 3.63) is 112 Å². The SMILES string of the molecule is CC(=O)/C=C1/C(c2ccccc2)=C(c2ccccc2)c2c1n(C)c1ccc(Cl)cc21. The van der Waals surface area contributed by atoms with Gasteiger partial charge in [-0.2, -0.15) is 0 Å². The van der Waals surface area contributed by atoms with Crippen LogP contribution in [0, 0.1) is 0 Å². The van der Waals surface area contributed by atoms with E-state index in [2.05, 4.69) is 48.0 Å². The molecule has 0 N–H and O–H groups in total. The van der Waals surface area contributed by atoms with E-state index in [4.69, 9.17) is 11.6 Å². The Bertz CT molecular complexity index is 1360. The average Bonchev–Trinajstić information content (AvgIpc) is 3.22. The van der Waals surface area contributed by atoms with Crippen LogP contribution in [-0.2, 0) is 11.8 Å². The van der Waals surface area contributed by atoms with Crippen LogP contribution in [0.1, 0.15) is 29.3 Å². The quantitative estimate of drug-likeness (QED) is 0.342. The molecule has 1 aliphatic rings. The molecule has 146 valence electrons. The number of rotatable bonds is 3. The van der Waals surface area contributed by atoms with Gasteiger partial charge in [-0.05, 0) is 47.9 Å². The Morgan fingerprint density at radius 3 is 2.07 bits per heavy atom. The van der Waals surface area contributed by atoms with Gasteiger partial charge in [0, 0.05) is 39.7 Å². The number of carbonyl (C=O) groups is 1. The van der Waals surface area contributed by atoms with Crippen LogP contribution in [0.25, 0.3) is 27.6 Å². The van der Waals surface area contributed by atoms with Crippen LogP contribution in [0.2, 0.25) is 5.02 Å². The Balaban J connectivity index is 1.99. The fourth-order valence-corrected chi connectivity index (χ4v) is 4.68. The standard InChI is InChI=1S/C27H20ClNO/c1-17(30)15-22-24(18-9-5-3-6-10-18)25(19-11-7-4-8-12-19)26-21-16-20(28)13-14-23(21)29(2)27(22)26/h3-16H,1-2H3/b22-15-. The first-order chi connectivity index (χ1) is 14.6. The van der Waals surface area contributed by atoms with Crippen molar-refractivity contribution in [2.75, 3.05) is 0 Å². The number of nitrogens with zero attached hydrogens (tertiary/aromatic N) is 1. The number of carbonyl (C=O) groups excluding carboxylic acids is 1. The first-order valence-electron chi connectivity index (χ1n) is 9.92. The van der Waals surface area contributed by atoms with Crippen molar-refractivity contribution in [1.82, 2.24) is 4.57 Å². The number of fused-ring (bicyclic) bond motifs is 3. The summed E-state index contributed by atoms with van der Waals surface area (Å²) in [7, 11) is 2.06. The predicted molar refractivity (Wildman–Crippen MR) is 125 cm³/mol. The molecule has 1 aromatic heterocycles. The summed E-state index contributed by atoms with van der Waals surface area (Å²) in [5.74, 6) is 0.0296. The predicted octanol–water partition coefficient (Wildman–Crippen LogP) is 6.78. The minimum Gasteiger partial charge on any atom is -0.343 e. The fourth-order valence-electron chi connectivity index (χ4n) is 4.51. The maximum absolute atomic E-state index is 12.3. The summed E-state index contributed by atoms with van der Waals surface area (Å²) in [6.45, 7) is 1.61. The second kappa shape index (κ2) is 7.16. The van der Waals surface area contributed by atoms with Gasteiger partial charge in [-0.15, -0.1) is 0 Å². The maximum Gasteiger partial charge on any atom is 0.153 e. The number of hydrogen-bond donors (Lipinski definition) is 0. The summed E-state index contributed by atoms with van der Waals surface area (Å²) in [5.41, 5.74) is 8.67. The molecule has 0 saturated heterocycles. The van der Waals surface area contributed by atoms with Gasteiger partial charge in [0.25, 0.3) is 0 Å². The van der Waals surface area contributed by atoms with Gasteiger partial charge in [0.1, 0.15) is 0 Å². The minimum absolute atomic E-state index is 0.0296. The van der Waals surface area contributed by atoms with Gasteiger partial charge >= 0.3 is 0 Å². The lowest BCUT2D eigenvalue weighted by Gasteiger charge is -2.13. The number of halogens is 1. The molecule has 0 spiro atoms. The third-order valence-electron chi connectivity index (χ3n) is 5.66. The van der Waals surface area contributed by atoms with Gasteiger partial charge in [-0.1, -0.05) is 72.3 Å². The highest BCUT2D eigenvalue weighted by atomic mass is 35.5. The summed E-state index contributed by atoms with van der Waals surface area (Å²) < 4.78 is 2.18. The van der Waals surface area contributed by atoms with Gasteiger partial charge in [-0.3, -0.25) is 4.79 Å². The van der Waals surface area contributed by atoms with Crippen molar-refractivity contribution < 1.29 is 4.79 Å². The zero-order chi connectivity index (χ0) is 20.8. The number of aromatic nitrogens is 1. The second-order valence-electron chi connectivity index (χ2n) is 7.59. The summed E-state index contributed by atoms with van der Waals surface area (Å²) in [4.78, 5) is 12.3. The molecule has 4 aromatic rings. The zero-order valence-electron chi connectivity index (χ0n) is 16.8. The molecule has 0 radical (unpaired) electrons. The number of aryl methyl sites for hydroxylation is 1. The van der Waals surface area contributed by atoms with Crippen LogP contribution in [0.3, 0.4) is 0 Å². The van der Waals surface area contributed by atoms with Crippen LogP contribution in [0.15, 0.2) is 84.9 Å². The molecule has 0 unspecified atom stereocenters. The molecule has 0 amide bonds. The monoisotopic (exact) mass is 409 g/mol. The van der Waals surface area contributed by atoms with Crippen molar-refractivity contribution >= 4 is 45.0 Å². The summed E-state index contributed by atoms with van der Waals surface area (Å²) in [6.07, 6.45) is 1.76. The number of ketones is 1. The van der Waals surface area contributed by atoms with Crippen molar-refractivity contribution in [3.63, 3.8) is 0 Å². The molecule has 0 atom stereocenters. The van der Waals surface area contributed by atoms with Crippen molar-refractivity contribution in [3.8, 4) is 0 Å². The van der Waals surface area contributed by atoms with E-state index in [0.29, 0.717) is 5.02 Å². The van der Waals surface area contributed by atoms with Gasteiger partial charge < -0.3 is 4.57 Å². The summed E-state index contributed by atoms with van der Waals surface area (Å²) in [5, 5.41) is 1.80. The molecule has 0 saturated carbocycles. The number of hydrogen-bond acceptors (Lipinski definition) is 1. The van der Waals surface area contributed by atoms with E-state index in [1.54, 1.807) is 13.0 Å². The molecule has 0 aliphatic heterocycles. The van der Waals surface area contributed by atoms with Crippen LogP contribution in [0.5, 0.6) is 0 Å². The molecule has 1 aliphatic carbocycles. The van der Waals surface area contributed by atoms with Gasteiger partial charge in [0.15, 0.2) is 5.78 Å². The van der Waals surface area contributed by atoms with Crippen LogP contribution < -0.4 is 0 Å². The second-order valence-corrected chi connectivity index (χ2v) is 8.03. The van der Waals surface area contributed by atoms with E-state index >= 15 is 0 Å². The lowest BCUT2D eigenvalue weighted by molar-refractivity contribution is -0.112. The summed E-state index contributed by atoms with van der Waals surface area (Å²) in [6, 6.07) is 26.7. The van der Waals surface area contributed by atoms with Crippen molar-refractivity contribution in [1.29, 1.82) is 0 Å². The van der Waals surface area contributed by atoms with E-state index in [0.717, 1.165) is 50.0 Å². The maximum atomic E-state index is 12.3. The number of allylic oxidation sites excluding steroid dienone is 3. The first-order valence-corrected chi connectivity index (χ1v) is 10.3.